The summed E-state index contributed by atoms with van der Waals surface area (Å²) in [4.78, 5) is 18.2. The largest absolute Gasteiger partial charge is 0.478 e. The van der Waals surface area contributed by atoms with Gasteiger partial charge in [-0.05, 0) is 24.8 Å². The van der Waals surface area contributed by atoms with Gasteiger partial charge in [0.05, 0.1) is 11.1 Å². The maximum atomic E-state index is 11.5. The molecule has 0 bridgehead atoms. The predicted molar refractivity (Wildman–Crippen MR) is 89.6 cm³/mol. The molecule has 5 heteroatoms. The van der Waals surface area contributed by atoms with E-state index >= 15 is 0 Å². The molecule has 1 N–H and O–H groups in total. The van der Waals surface area contributed by atoms with Crippen molar-refractivity contribution in [3.8, 4) is 0 Å². The smallest absolute Gasteiger partial charge is 0.336 e. The molecule has 0 saturated heterocycles. The van der Waals surface area contributed by atoms with Gasteiger partial charge in [-0.25, -0.2) is 9.78 Å². The molecule has 0 fully saturated rings. The molecule has 4 nitrogen and oxygen atoms in total. The first-order valence-corrected chi connectivity index (χ1v) is 8.32. The van der Waals surface area contributed by atoms with E-state index in [0.717, 1.165) is 17.7 Å². The molecule has 1 heterocycles. The average molecular weight is 304 g/mol. The van der Waals surface area contributed by atoms with E-state index in [4.69, 9.17) is 0 Å². The second kappa shape index (κ2) is 6.80. The number of carboxylic acids is 1. The molecule has 1 unspecified atom stereocenters. The summed E-state index contributed by atoms with van der Waals surface area (Å²) in [6.07, 6.45) is 3.07. The van der Waals surface area contributed by atoms with Crippen LogP contribution in [0.2, 0.25) is 0 Å². The Bertz CT molecular complexity index is 645. The van der Waals surface area contributed by atoms with E-state index in [-0.39, 0.29) is 0 Å². The van der Waals surface area contributed by atoms with Gasteiger partial charge < -0.3 is 10.0 Å². The molecule has 0 spiro atoms. The molecule has 1 atom stereocenters. The van der Waals surface area contributed by atoms with Crippen LogP contribution in [0.3, 0.4) is 0 Å². The van der Waals surface area contributed by atoms with Crippen LogP contribution in [0, 0.1) is 0 Å². The first-order valence-electron chi connectivity index (χ1n) is 6.93. The summed E-state index contributed by atoms with van der Waals surface area (Å²) in [6.45, 7) is 2.14. The van der Waals surface area contributed by atoms with E-state index in [9.17, 15) is 9.90 Å². The van der Waals surface area contributed by atoms with Crippen molar-refractivity contribution < 1.29 is 9.90 Å². The van der Waals surface area contributed by atoms with Gasteiger partial charge >= 0.3 is 5.97 Å². The van der Waals surface area contributed by atoms with Crippen molar-refractivity contribution >= 4 is 34.5 Å². The Morgan fingerprint density at radius 2 is 2.14 bits per heavy atom. The van der Waals surface area contributed by atoms with Crippen molar-refractivity contribution in [3.63, 3.8) is 0 Å². The molecule has 1 aromatic carbocycles. The highest BCUT2D eigenvalue weighted by atomic mass is 32.2. The third-order valence-corrected chi connectivity index (χ3v) is 4.39. The van der Waals surface area contributed by atoms with Crippen LogP contribution in [0.5, 0.6) is 0 Å². The molecule has 0 aliphatic carbocycles. The highest BCUT2D eigenvalue weighted by Gasteiger charge is 2.18. The summed E-state index contributed by atoms with van der Waals surface area (Å²) in [5.41, 5.74) is 1.03. The highest BCUT2D eigenvalue weighted by Crippen LogP contribution is 2.24. The topological polar surface area (TPSA) is 53.4 Å². The number of anilines is 1. The second-order valence-electron chi connectivity index (χ2n) is 4.98. The first-order chi connectivity index (χ1) is 10.1. The third kappa shape index (κ3) is 3.29. The van der Waals surface area contributed by atoms with Gasteiger partial charge in [0.2, 0.25) is 0 Å². The maximum Gasteiger partial charge on any atom is 0.336 e. The second-order valence-corrected chi connectivity index (χ2v) is 5.89. The van der Waals surface area contributed by atoms with Crippen LogP contribution in [0.25, 0.3) is 10.9 Å². The summed E-state index contributed by atoms with van der Waals surface area (Å²) in [6, 6.07) is 9.39. The molecule has 0 radical (unpaired) electrons. The van der Waals surface area contributed by atoms with Crippen molar-refractivity contribution in [1.82, 2.24) is 4.98 Å². The quantitative estimate of drug-likeness (QED) is 0.885. The number of thioether (sulfide) groups is 1. The molecule has 2 aromatic rings. The minimum atomic E-state index is -0.916. The Morgan fingerprint density at radius 3 is 2.76 bits per heavy atom. The molecule has 0 aliphatic rings. The van der Waals surface area contributed by atoms with Crippen molar-refractivity contribution in [2.75, 3.05) is 24.0 Å². The number of hydrogen-bond donors (Lipinski definition) is 1. The van der Waals surface area contributed by atoms with Gasteiger partial charge in [0.15, 0.2) is 0 Å². The van der Waals surface area contributed by atoms with E-state index in [2.05, 4.69) is 23.1 Å². The Labute approximate surface area is 129 Å². The number of carbonyl (C=O) groups is 1. The zero-order valence-corrected chi connectivity index (χ0v) is 13.4. The lowest BCUT2D eigenvalue weighted by atomic mass is 10.1. The van der Waals surface area contributed by atoms with E-state index in [1.807, 2.05) is 25.2 Å². The van der Waals surface area contributed by atoms with Crippen LogP contribution < -0.4 is 4.90 Å². The van der Waals surface area contributed by atoms with Gasteiger partial charge in [-0.3, -0.25) is 0 Å². The minimum absolute atomic E-state index is 0.307. The number of hydrogen-bond acceptors (Lipinski definition) is 4. The van der Waals surface area contributed by atoms with Crippen molar-refractivity contribution in [2.24, 2.45) is 0 Å². The van der Waals surface area contributed by atoms with Crippen LogP contribution in [-0.4, -0.2) is 41.2 Å². The van der Waals surface area contributed by atoms with Crippen LogP contribution in [0.1, 0.15) is 23.7 Å². The number of fused-ring (bicyclic) bond motifs is 1. The number of para-hydroxylation sites is 1. The van der Waals surface area contributed by atoms with Crippen LogP contribution in [-0.2, 0) is 0 Å². The molecule has 1 aromatic heterocycles. The summed E-state index contributed by atoms with van der Waals surface area (Å²) in [7, 11) is 1.98. The van der Waals surface area contributed by atoms with E-state index < -0.39 is 5.97 Å². The average Bonchev–Trinajstić information content (AvgIpc) is 2.50. The van der Waals surface area contributed by atoms with Gasteiger partial charge in [0.1, 0.15) is 5.82 Å². The number of aromatic carboxylic acids is 1. The zero-order valence-electron chi connectivity index (χ0n) is 12.5. The Kier molecular flexibility index (Phi) is 5.07. The molecule has 21 heavy (non-hydrogen) atoms. The molecular weight excluding hydrogens is 284 g/mol. The molecule has 0 aliphatic heterocycles. The number of benzene rings is 1. The standard InChI is InChI=1S/C16H20N2O2S/c1-4-11(10-21-3)18(2)15-9-13(16(19)20)12-7-5-6-8-14(12)17-15/h5-9,11H,4,10H2,1-3H3,(H,19,20). The molecule has 112 valence electrons. The van der Waals surface area contributed by atoms with Crippen molar-refractivity contribution in [2.45, 2.75) is 19.4 Å². The van der Waals surface area contributed by atoms with Gasteiger partial charge in [0.25, 0.3) is 0 Å². The minimum Gasteiger partial charge on any atom is -0.478 e. The number of aromatic nitrogens is 1. The van der Waals surface area contributed by atoms with Gasteiger partial charge in [-0.2, -0.15) is 11.8 Å². The zero-order chi connectivity index (χ0) is 15.4. The SMILES string of the molecule is CCC(CSC)N(C)c1cc(C(=O)O)c2ccccc2n1. The van der Waals surface area contributed by atoms with E-state index in [1.54, 1.807) is 23.9 Å². The summed E-state index contributed by atoms with van der Waals surface area (Å²) < 4.78 is 0. The highest BCUT2D eigenvalue weighted by molar-refractivity contribution is 7.98. The summed E-state index contributed by atoms with van der Waals surface area (Å²) in [5, 5.41) is 10.1. The Hall–Kier alpha value is -1.75. The first kappa shape index (κ1) is 15.6. The lowest BCUT2D eigenvalue weighted by molar-refractivity contribution is 0.0699. The number of nitrogens with zero attached hydrogens (tertiary/aromatic N) is 2. The fourth-order valence-electron chi connectivity index (χ4n) is 2.40. The van der Waals surface area contributed by atoms with Gasteiger partial charge in [-0.1, -0.05) is 25.1 Å². The van der Waals surface area contributed by atoms with Gasteiger partial charge in [0, 0.05) is 24.2 Å². The predicted octanol–water partition coefficient (Wildman–Crippen LogP) is 3.51. The van der Waals surface area contributed by atoms with E-state index in [1.165, 1.54) is 0 Å². The van der Waals surface area contributed by atoms with Crippen molar-refractivity contribution in [3.05, 3.63) is 35.9 Å². The fourth-order valence-corrected chi connectivity index (χ4v) is 3.25. The third-order valence-electron chi connectivity index (χ3n) is 3.67. The number of carboxylic acid groups (broad SMARTS) is 1. The molecule has 0 amide bonds. The van der Waals surface area contributed by atoms with Gasteiger partial charge in [-0.15, -0.1) is 0 Å². The van der Waals surface area contributed by atoms with Crippen molar-refractivity contribution in [1.29, 1.82) is 0 Å². The van der Waals surface area contributed by atoms with Crippen LogP contribution >= 0.6 is 11.8 Å². The molecular formula is C16H20N2O2S. The number of rotatable bonds is 6. The monoisotopic (exact) mass is 304 g/mol. The fraction of sp³-hybridized carbons (Fsp3) is 0.375. The van der Waals surface area contributed by atoms with Crippen LogP contribution in [0.15, 0.2) is 30.3 Å². The summed E-state index contributed by atoms with van der Waals surface area (Å²) in [5.74, 6) is 0.789. The lowest BCUT2D eigenvalue weighted by Gasteiger charge is -2.28. The molecule has 0 saturated carbocycles. The Morgan fingerprint density at radius 1 is 1.43 bits per heavy atom. The van der Waals surface area contributed by atoms with E-state index in [0.29, 0.717) is 22.8 Å². The normalized spacial score (nSPS) is 12.3. The Balaban J connectivity index is 2.51. The molecule has 2 rings (SSSR count). The lowest BCUT2D eigenvalue weighted by Crippen LogP contribution is -2.33. The maximum absolute atomic E-state index is 11.5. The number of pyridine rings is 1. The van der Waals surface area contributed by atoms with Crippen LogP contribution in [0.4, 0.5) is 5.82 Å². The summed E-state index contributed by atoms with van der Waals surface area (Å²) >= 11 is 1.79.